The van der Waals surface area contributed by atoms with Crippen molar-refractivity contribution in [2.45, 2.75) is 6.04 Å². The van der Waals surface area contributed by atoms with Crippen LogP contribution in [0, 0.1) is 10.1 Å². The van der Waals surface area contributed by atoms with E-state index < -0.39 is 11.0 Å². The number of anilines is 2. The number of nitrogens with one attached hydrogen (secondary N) is 1. The van der Waals surface area contributed by atoms with E-state index in [1.807, 2.05) is 0 Å². The van der Waals surface area contributed by atoms with E-state index >= 15 is 0 Å². The number of nitrogen functional groups attached to an aromatic ring is 1. The van der Waals surface area contributed by atoms with Crippen molar-refractivity contribution in [2.24, 2.45) is 0 Å². The van der Waals surface area contributed by atoms with Gasteiger partial charge in [0.15, 0.2) is 0 Å². The van der Waals surface area contributed by atoms with Crippen LogP contribution in [0.3, 0.4) is 0 Å². The predicted molar refractivity (Wildman–Crippen MR) is 59.1 cm³/mol. The molecule has 0 amide bonds. The quantitative estimate of drug-likeness (QED) is 0.317. The number of hydrogen-bond acceptors (Lipinski definition) is 6. The number of benzene rings is 1. The van der Waals surface area contributed by atoms with E-state index in [1.165, 1.54) is 18.2 Å². The monoisotopic (exact) mass is 227 g/mol. The first-order chi connectivity index (χ1) is 7.56. The molecule has 1 aromatic rings. The van der Waals surface area contributed by atoms with Gasteiger partial charge in [-0.05, 0) is 6.07 Å². The van der Waals surface area contributed by atoms with E-state index in [-0.39, 0.29) is 24.6 Å². The maximum Gasteiger partial charge on any atom is 0.273 e. The topological polar surface area (TPSA) is 122 Å². The van der Waals surface area contributed by atoms with E-state index in [4.69, 9.17) is 15.9 Å². The Morgan fingerprint density at radius 3 is 2.50 bits per heavy atom. The molecule has 5 N–H and O–H groups in total. The van der Waals surface area contributed by atoms with Gasteiger partial charge in [0.2, 0.25) is 0 Å². The molecular weight excluding hydrogens is 214 g/mol. The Balaban J connectivity index is 2.91. The fourth-order valence-electron chi connectivity index (χ4n) is 1.21. The summed E-state index contributed by atoms with van der Waals surface area (Å²) in [6.07, 6.45) is 0. The fourth-order valence-corrected chi connectivity index (χ4v) is 1.21. The Labute approximate surface area is 91.7 Å². The SMILES string of the molecule is Nc1cc(NC(CO)CO)cc([N+](=O)[O-])c1. The first-order valence-corrected chi connectivity index (χ1v) is 4.60. The molecule has 0 spiro atoms. The summed E-state index contributed by atoms with van der Waals surface area (Å²) in [7, 11) is 0. The van der Waals surface area contributed by atoms with Crippen LogP contribution in [-0.2, 0) is 0 Å². The second-order valence-corrected chi connectivity index (χ2v) is 3.28. The van der Waals surface area contributed by atoms with Crippen LogP contribution >= 0.6 is 0 Å². The van der Waals surface area contributed by atoms with E-state index in [9.17, 15) is 10.1 Å². The van der Waals surface area contributed by atoms with Gasteiger partial charge < -0.3 is 21.3 Å². The lowest BCUT2D eigenvalue weighted by atomic mass is 10.2. The standard InChI is InChI=1S/C9H13N3O4/c10-6-1-7(11-8(4-13)5-14)3-9(2-6)12(15)16/h1-3,8,11,13-14H,4-5,10H2. The van der Waals surface area contributed by atoms with Crippen molar-refractivity contribution < 1.29 is 15.1 Å². The van der Waals surface area contributed by atoms with Crippen LogP contribution in [-0.4, -0.2) is 34.4 Å². The van der Waals surface area contributed by atoms with Gasteiger partial charge in [0.05, 0.1) is 24.2 Å². The lowest BCUT2D eigenvalue weighted by Crippen LogP contribution is -2.27. The third kappa shape index (κ3) is 3.07. The van der Waals surface area contributed by atoms with Crippen molar-refractivity contribution in [2.75, 3.05) is 24.3 Å². The molecule has 0 bridgehead atoms. The van der Waals surface area contributed by atoms with Crippen molar-refractivity contribution in [1.29, 1.82) is 0 Å². The highest BCUT2D eigenvalue weighted by molar-refractivity contribution is 5.61. The van der Waals surface area contributed by atoms with Crippen molar-refractivity contribution >= 4 is 17.1 Å². The van der Waals surface area contributed by atoms with E-state index in [0.717, 1.165) is 0 Å². The molecule has 7 heteroatoms. The van der Waals surface area contributed by atoms with Crippen LogP contribution in [0.15, 0.2) is 18.2 Å². The molecule has 0 aliphatic carbocycles. The summed E-state index contributed by atoms with van der Waals surface area (Å²) in [5.74, 6) is 0. The lowest BCUT2D eigenvalue weighted by Gasteiger charge is -2.14. The minimum Gasteiger partial charge on any atom is -0.398 e. The van der Waals surface area contributed by atoms with Crippen molar-refractivity contribution in [3.8, 4) is 0 Å². The van der Waals surface area contributed by atoms with Crippen molar-refractivity contribution in [1.82, 2.24) is 0 Å². The minimum absolute atomic E-state index is 0.142. The lowest BCUT2D eigenvalue weighted by molar-refractivity contribution is -0.384. The summed E-state index contributed by atoms with van der Waals surface area (Å²) >= 11 is 0. The molecular formula is C9H13N3O4. The van der Waals surface area contributed by atoms with E-state index in [2.05, 4.69) is 5.32 Å². The molecule has 88 valence electrons. The number of nitrogens with zero attached hydrogens (tertiary/aromatic N) is 1. The minimum atomic E-state index is -0.568. The fraction of sp³-hybridized carbons (Fsp3) is 0.333. The Bertz CT molecular complexity index is 379. The van der Waals surface area contributed by atoms with Gasteiger partial charge in [-0.1, -0.05) is 0 Å². The summed E-state index contributed by atoms with van der Waals surface area (Å²) in [5, 5.41) is 31.0. The number of aliphatic hydroxyl groups excluding tert-OH is 2. The normalized spacial score (nSPS) is 10.4. The summed E-state index contributed by atoms with van der Waals surface area (Å²) < 4.78 is 0. The number of aliphatic hydroxyl groups is 2. The number of non-ortho nitro benzene ring substituents is 1. The van der Waals surface area contributed by atoms with Crippen LogP contribution in [0.5, 0.6) is 0 Å². The van der Waals surface area contributed by atoms with Gasteiger partial charge >= 0.3 is 0 Å². The molecule has 1 rings (SSSR count). The van der Waals surface area contributed by atoms with Gasteiger partial charge in [0.25, 0.3) is 5.69 Å². The Hall–Kier alpha value is -1.86. The highest BCUT2D eigenvalue weighted by Crippen LogP contribution is 2.22. The summed E-state index contributed by atoms with van der Waals surface area (Å²) in [6.45, 7) is -0.557. The molecule has 0 atom stereocenters. The number of rotatable bonds is 5. The van der Waals surface area contributed by atoms with E-state index in [1.54, 1.807) is 0 Å². The van der Waals surface area contributed by atoms with E-state index in [0.29, 0.717) is 5.69 Å². The third-order valence-electron chi connectivity index (χ3n) is 1.96. The molecule has 0 heterocycles. The third-order valence-corrected chi connectivity index (χ3v) is 1.96. The summed E-state index contributed by atoms with van der Waals surface area (Å²) in [4.78, 5) is 9.99. The first-order valence-electron chi connectivity index (χ1n) is 4.60. The average molecular weight is 227 g/mol. The molecule has 0 fully saturated rings. The molecule has 1 aromatic carbocycles. The Morgan fingerprint density at radius 1 is 1.38 bits per heavy atom. The molecule has 0 aromatic heterocycles. The van der Waals surface area contributed by atoms with Crippen molar-refractivity contribution in [3.63, 3.8) is 0 Å². The molecule has 0 saturated heterocycles. The molecule has 7 nitrogen and oxygen atoms in total. The summed E-state index contributed by atoms with van der Waals surface area (Å²) in [5.41, 5.74) is 5.98. The molecule has 0 aliphatic heterocycles. The van der Waals surface area contributed by atoms with Crippen LogP contribution in [0.1, 0.15) is 0 Å². The van der Waals surface area contributed by atoms with Crippen LogP contribution < -0.4 is 11.1 Å². The summed E-state index contributed by atoms with van der Waals surface area (Å²) in [6, 6.07) is 3.44. The second-order valence-electron chi connectivity index (χ2n) is 3.28. The predicted octanol–water partition coefficient (Wildman–Crippen LogP) is -0.0579. The first kappa shape index (κ1) is 12.2. The van der Waals surface area contributed by atoms with Gasteiger partial charge in [-0.25, -0.2) is 0 Å². The van der Waals surface area contributed by atoms with Crippen LogP contribution in [0.25, 0.3) is 0 Å². The number of nitro groups is 1. The van der Waals surface area contributed by atoms with Gasteiger partial charge in [-0.3, -0.25) is 10.1 Å². The van der Waals surface area contributed by atoms with Gasteiger partial charge in [-0.15, -0.1) is 0 Å². The van der Waals surface area contributed by atoms with Gasteiger partial charge in [-0.2, -0.15) is 0 Å². The molecule has 16 heavy (non-hydrogen) atoms. The zero-order valence-electron chi connectivity index (χ0n) is 8.46. The zero-order valence-corrected chi connectivity index (χ0v) is 8.46. The molecule has 0 saturated carbocycles. The average Bonchev–Trinajstić information content (AvgIpc) is 2.25. The van der Waals surface area contributed by atoms with Crippen LogP contribution in [0.4, 0.5) is 17.1 Å². The van der Waals surface area contributed by atoms with Crippen LogP contribution in [0.2, 0.25) is 0 Å². The Morgan fingerprint density at radius 2 is 2.00 bits per heavy atom. The smallest absolute Gasteiger partial charge is 0.273 e. The second kappa shape index (κ2) is 5.29. The number of hydrogen-bond donors (Lipinski definition) is 4. The highest BCUT2D eigenvalue weighted by Gasteiger charge is 2.11. The van der Waals surface area contributed by atoms with Gasteiger partial charge in [0, 0.05) is 23.5 Å². The maximum atomic E-state index is 10.6. The molecule has 0 unspecified atom stereocenters. The molecule has 0 radical (unpaired) electrons. The molecule has 0 aliphatic rings. The largest absolute Gasteiger partial charge is 0.398 e. The van der Waals surface area contributed by atoms with Crippen molar-refractivity contribution in [3.05, 3.63) is 28.3 Å². The maximum absolute atomic E-state index is 10.6. The number of nitro benzene ring substituents is 1. The number of nitrogens with two attached hydrogens (primary N) is 1. The Kier molecular flexibility index (Phi) is 4.03. The zero-order chi connectivity index (χ0) is 12.1. The van der Waals surface area contributed by atoms with Gasteiger partial charge in [0.1, 0.15) is 0 Å². The highest BCUT2D eigenvalue weighted by atomic mass is 16.6.